The van der Waals surface area contributed by atoms with Crippen LogP contribution in [0.5, 0.6) is 5.75 Å². The topological polar surface area (TPSA) is 64.4 Å². The van der Waals surface area contributed by atoms with E-state index in [1.54, 1.807) is 31.3 Å². The molecule has 7 heteroatoms. The van der Waals surface area contributed by atoms with Gasteiger partial charge in [-0.2, -0.15) is 0 Å². The zero-order valence-corrected chi connectivity index (χ0v) is 12.6. The van der Waals surface area contributed by atoms with Crippen molar-refractivity contribution in [3.63, 3.8) is 0 Å². The maximum atomic E-state index is 10.8. The first-order valence-electron chi connectivity index (χ1n) is 6.03. The second-order valence-corrected chi connectivity index (χ2v) is 5.12. The van der Waals surface area contributed by atoms with E-state index in [0.29, 0.717) is 21.4 Å². The molecule has 0 aliphatic heterocycles. The molecular weight excluding hydrogens is 315 g/mol. The van der Waals surface area contributed by atoms with Gasteiger partial charge in [-0.25, -0.2) is 0 Å². The van der Waals surface area contributed by atoms with E-state index in [9.17, 15) is 10.1 Å². The third kappa shape index (κ3) is 4.00. The fourth-order valence-electron chi connectivity index (χ4n) is 1.83. The van der Waals surface area contributed by atoms with Crippen molar-refractivity contribution in [3.05, 3.63) is 62.1 Å². The number of non-ortho nitro benzene ring substituents is 1. The Hall–Kier alpha value is -1.98. The molecule has 0 radical (unpaired) electrons. The van der Waals surface area contributed by atoms with Crippen LogP contribution in [0.2, 0.25) is 10.0 Å². The number of anilines is 1. The molecule has 1 N–H and O–H groups in total. The molecule has 0 amide bonds. The Morgan fingerprint density at radius 1 is 1.19 bits per heavy atom. The minimum absolute atomic E-state index is 0.0109. The van der Waals surface area contributed by atoms with E-state index in [1.165, 1.54) is 12.1 Å². The molecule has 2 rings (SSSR count). The minimum Gasteiger partial charge on any atom is -0.489 e. The number of hydrogen-bond acceptors (Lipinski definition) is 4. The average Bonchev–Trinajstić information content (AvgIpc) is 2.43. The molecule has 0 atom stereocenters. The van der Waals surface area contributed by atoms with Gasteiger partial charge >= 0.3 is 0 Å². The zero-order chi connectivity index (χ0) is 15.4. The summed E-state index contributed by atoms with van der Waals surface area (Å²) in [5.41, 5.74) is 1.44. The molecule has 5 nitrogen and oxygen atoms in total. The van der Waals surface area contributed by atoms with Gasteiger partial charge in [-0.15, -0.1) is 0 Å². The van der Waals surface area contributed by atoms with E-state index in [-0.39, 0.29) is 12.3 Å². The van der Waals surface area contributed by atoms with Gasteiger partial charge in [0, 0.05) is 40.5 Å². The van der Waals surface area contributed by atoms with E-state index < -0.39 is 4.92 Å². The summed E-state index contributed by atoms with van der Waals surface area (Å²) in [5.74, 6) is 0.501. The number of nitro groups is 1. The fourth-order valence-corrected chi connectivity index (χ4v) is 2.34. The number of nitrogens with zero attached hydrogens (tertiary/aromatic N) is 1. The second kappa shape index (κ2) is 6.65. The van der Waals surface area contributed by atoms with Crippen LogP contribution >= 0.6 is 23.2 Å². The van der Waals surface area contributed by atoms with Gasteiger partial charge in [-0.3, -0.25) is 10.1 Å². The Balaban J connectivity index is 2.21. The first-order valence-corrected chi connectivity index (χ1v) is 6.79. The number of nitrogens with one attached hydrogen (secondary N) is 1. The molecule has 0 saturated heterocycles. The van der Waals surface area contributed by atoms with Crippen LogP contribution in [0, 0.1) is 10.1 Å². The van der Waals surface area contributed by atoms with Gasteiger partial charge in [0.2, 0.25) is 0 Å². The molecule has 0 bridgehead atoms. The molecule has 0 fully saturated rings. The molecule has 110 valence electrons. The molecule has 0 aliphatic carbocycles. The van der Waals surface area contributed by atoms with Crippen LogP contribution in [0.25, 0.3) is 0 Å². The van der Waals surface area contributed by atoms with E-state index in [1.807, 2.05) is 0 Å². The molecule has 0 saturated carbocycles. The molecule has 0 aromatic heterocycles. The monoisotopic (exact) mass is 326 g/mol. The molecule has 0 spiro atoms. The van der Waals surface area contributed by atoms with Gasteiger partial charge in [0.1, 0.15) is 12.4 Å². The molecule has 21 heavy (non-hydrogen) atoms. The Kier molecular flexibility index (Phi) is 4.88. The summed E-state index contributed by atoms with van der Waals surface area (Å²) in [7, 11) is 1.74. The second-order valence-electron chi connectivity index (χ2n) is 4.24. The number of nitro benzene ring substituents is 1. The van der Waals surface area contributed by atoms with Crippen LogP contribution < -0.4 is 10.1 Å². The van der Waals surface area contributed by atoms with Crippen molar-refractivity contribution in [2.24, 2.45) is 0 Å². The number of ether oxygens (including phenoxy) is 1. The lowest BCUT2D eigenvalue weighted by molar-refractivity contribution is -0.384. The van der Waals surface area contributed by atoms with Gasteiger partial charge in [-0.1, -0.05) is 23.2 Å². The lowest BCUT2D eigenvalue weighted by Gasteiger charge is -2.11. The average molecular weight is 327 g/mol. The van der Waals surface area contributed by atoms with E-state index >= 15 is 0 Å². The SMILES string of the molecule is CNc1ccc([N+](=O)[O-])cc1COc1cc(Cl)cc(Cl)c1. The van der Waals surface area contributed by atoms with Crippen LogP contribution in [0.3, 0.4) is 0 Å². The Labute approximate surface area is 131 Å². The highest BCUT2D eigenvalue weighted by atomic mass is 35.5. The van der Waals surface area contributed by atoms with Crippen molar-refractivity contribution < 1.29 is 9.66 Å². The summed E-state index contributed by atoms with van der Waals surface area (Å²) in [6.45, 7) is 0.161. The molecule has 0 heterocycles. The lowest BCUT2D eigenvalue weighted by atomic mass is 10.1. The van der Waals surface area contributed by atoms with Crippen LogP contribution in [0.15, 0.2) is 36.4 Å². The van der Waals surface area contributed by atoms with Gasteiger partial charge in [-0.05, 0) is 24.3 Å². The summed E-state index contributed by atoms with van der Waals surface area (Å²) in [5, 5.41) is 14.7. The van der Waals surface area contributed by atoms with Crippen molar-refractivity contribution >= 4 is 34.6 Å². The largest absolute Gasteiger partial charge is 0.489 e. The number of halogens is 2. The van der Waals surface area contributed by atoms with Crippen LogP contribution in [0.1, 0.15) is 5.56 Å². The van der Waals surface area contributed by atoms with E-state index in [4.69, 9.17) is 27.9 Å². The Morgan fingerprint density at radius 2 is 1.86 bits per heavy atom. The summed E-state index contributed by atoms with van der Waals surface area (Å²) in [6.07, 6.45) is 0. The molecule has 0 unspecified atom stereocenters. The van der Waals surface area contributed by atoms with Crippen LogP contribution in [0.4, 0.5) is 11.4 Å². The summed E-state index contributed by atoms with van der Waals surface area (Å²) < 4.78 is 5.60. The smallest absolute Gasteiger partial charge is 0.269 e. The molecule has 0 aliphatic rings. The normalized spacial score (nSPS) is 10.2. The predicted molar refractivity (Wildman–Crippen MR) is 83.4 cm³/mol. The van der Waals surface area contributed by atoms with Crippen molar-refractivity contribution in [1.29, 1.82) is 0 Å². The van der Waals surface area contributed by atoms with Crippen molar-refractivity contribution in [2.75, 3.05) is 12.4 Å². The maximum absolute atomic E-state index is 10.8. The first kappa shape index (κ1) is 15.4. The fraction of sp³-hybridized carbons (Fsp3) is 0.143. The summed E-state index contributed by atoms with van der Waals surface area (Å²) in [6, 6.07) is 9.40. The minimum atomic E-state index is -0.445. The Morgan fingerprint density at radius 3 is 2.43 bits per heavy atom. The van der Waals surface area contributed by atoms with Gasteiger partial charge < -0.3 is 10.1 Å². The van der Waals surface area contributed by atoms with E-state index in [2.05, 4.69) is 5.32 Å². The van der Waals surface area contributed by atoms with Gasteiger partial charge in [0.05, 0.1) is 4.92 Å². The highest BCUT2D eigenvalue weighted by molar-refractivity contribution is 6.34. The highest BCUT2D eigenvalue weighted by Gasteiger charge is 2.11. The maximum Gasteiger partial charge on any atom is 0.269 e. The third-order valence-corrected chi connectivity index (χ3v) is 3.24. The zero-order valence-electron chi connectivity index (χ0n) is 11.1. The first-order chi connectivity index (χ1) is 9.99. The molecule has 2 aromatic carbocycles. The van der Waals surface area contributed by atoms with Crippen molar-refractivity contribution in [3.8, 4) is 5.75 Å². The van der Waals surface area contributed by atoms with Crippen LogP contribution in [-0.2, 0) is 6.61 Å². The van der Waals surface area contributed by atoms with E-state index in [0.717, 1.165) is 5.69 Å². The lowest BCUT2D eigenvalue weighted by Crippen LogP contribution is -2.02. The highest BCUT2D eigenvalue weighted by Crippen LogP contribution is 2.27. The number of rotatable bonds is 5. The summed E-state index contributed by atoms with van der Waals surface area (Å²) in [4.78, 5) is 10.4. The third-order valence-electron chi connectivity index (χ3n) is 2.80. The molecule has 2 aromatic rings. The summed E-state index contributed by atoms with van der Waals surface area (Å²) >= 11 is 11.8. The van der Waals surface area contributed by atoms with Gasteiger partial charge in [0.15, 0.2) is 0 Å². The Bertz CT molecular complexity index is 657. The number of hydrogen-bond donors (Lipinski definition) is 1. The standard InChI is InChI=1S/C14H12Cl2N2O3/c1-17-14-3-2-12(18(19)20)4-9(14)8-21-13-6-10(15)5-11(16)7-13/h2-7,17H,8H2,1H3. The van der Waals surface area contributed by atoms with Crippen molar-refractivity contribution in [2.45, 2.75) is 6.61 Å². The quantitative estimate of drug-likeness (QED) is 0.648. The molecular formula is C14H12Cl2N2O3. The van der Waals surface area contributed by atoms with Crippen molar-refractivity contribution in [1.82, 2.24) is 0 Å². The van der Waals surface area contributed by atoms with Gasteiger partial charge in [0.25, 0.3) is 5.69 Å². The predicted octanol–water partition coefficient (Wildman–Crippen LogP) is 4.52. The van der Waals surface area contributed by atoms with Crippen LogP contribution in [-0.4, -0.2) is 12.0 Å². The number of benzene rings is 2.